The van der Waals surface area contributed by atoms with Gasteiger partial charge in [0.1, 0.15) is 5.75 Å². The molecule has 0 aliphatic heterocycles. The number of nitrogens with zero attached hydrogens (tertiary/aromatic N) is 1. The number of hydrogen-bond acceptors (Lipinski definition) is 2. The zero-order valence-electron chi connectivity index (χ0n) is 8.24. The first-order chi connectivity index (χ1) is 6.81. The fourth-order valence-electron chi connectivity index (χ4n) is 2.04. The minimum absolute atomic E-state index is 0.268. The molecule has 0 bridgehead atoms. The molecule has 1 saturated carbocycles. The van der Waals surface area contributed by atoms with Crippen LogP contribution in [0.2, 0.25) is 0 Å². The summed E-state index contributed by atoms with van der Waals surface area (Å²) in [4.78, 5) is 4.15. The fraction of sp³-hybridized carbons (Fsp3) is 0.545. The highest BCUT2D eigenvalue weighted by atomic mass is 35.5. The van der Waals surface area contributed by atoms with E-state index >= 15 is 0 Å². The first-order valence-electron chi connectivity index (χ1n) is 4.94. The lowest BCUT2D eigenvalue weighted by atomic mass is 9.99. The van der Waals surface area contributed by atoms with Crippen LogP contribution in [0, 0.1) is 0 Å². The van der Waals surface area contributed by atoms with Crippen LogP contribution in [0.25, 0.3) is 0 Å². The number of halogens is 1. The standard InChI is InChI=1S/C11H14ClNO/c1-14-9-5-8(6-13-7-9)10-3-2-4-11(10)12/h5-7,10-11H,2-4H2,1H3. The van der Waals surface area contributed by atoms with E-state index in [-0.39, 0.29) is 5.38 Å². The van der Waals surface area contributed by atoms with Crippen LogP contribution >= 0.6 is 11.6 Å². The first kappa shape index (κ1) is 9.78. The van der Waals surface area contributed by atoms with E-state index in [1.54, 1.807) is 13.3 Å². The molecule has 76 valence electrons. The van der Waals surface area contributed by atoms with Crippen molar-refractivity contribution in [2.45, 2.75) is 30.6 Å². The third-order valence-electron chi connectivity index (χ3n) is 2.83. The van der Waals surface area contributed by atoms with Crippen LogP contribution in [0.4, 0.5) is 0 Å². The van der Waals surface area contributed by atoms with Crippen molar-refractivity contribution in [2.24, 2.45) is 0 Å². The van der Waals surface area contributed by atoms with E-state index in [1.807, 2.05) is 12.3 Å². The summed E-state index contributed by atoms with van der Waals surface area (Å²) in [6.45, 7) is 0. The van der Waals surface area contributed by atoms with E-state index in [0.29, 0.717) is 5.92 Å². The Labute approximate surface area is 89.3 Å². The Morgan fingerprint density at radius 1 is 1.43 bits per heavy atom. The molecule has 1 aliphatic rings. The molecular formula is C11H14ClNO. The van der Waals surface area contributed by atoms with Crippen molar-refractivity contribution in [3.63, 3.8) is 0 Å². The summed E-state index contributed by atoms with van der Waals surface area (Å²) in [7, 11) is 1.66. The van der Waals surface area contributed by atoms with Crippen molar-refractivity contribution in [3.05, 3.63) is 24.0 Å². The quantitative estimate of drug-likeness (QED) is 0.702. The Balaban J connectivity index is 2.22. The Bertz CT molecular complexity index is 316. The van der Waals surface area contributed by atoms with Gasteiger partial charge in [0.15, 0.2) is 0 Å². The van der Waals surface area contributed by atoms with E-state index in [4.69, 9.17) is 16.3 Å². The minimum Gasteiger partial charge on any atom is -0.495 e. The van der Waals surface area contributed by atoms with Gasteiger partial charge in [0.05, 0.1) is 13.3 Å². The molecule has 1 heterocycles. The first-order valence-corrected chi connectivity index (χ1v) is 5.38. The number of hydrogen-bond donors (Lipinski definition) is 0. The van der Waals surface area contributed by atoms with Crippen LogP contribution in [-0.2, 0) is 0 Å². The summed E-state index contributed by atoms with van der Waals surface area (Å²) >= 11 is 6.24. The summed E-state index contributed by atoms with van der Waals surface area (Å²) < 4.78 is 5.14. The summed E-state index contributed by atoms with van der Waals surface area (Å²) in [5.74, 6) is 1.28. The molecule has 1 aliphatic carbocycles. The fourth-order valence-corrected chi connectivity index (χ4v) is 2.47. The van der Waals surface area contributed by atoms with Crippen molar-refractivity contribution in [3.8, 4) is 5.75 Å². The molecule has 2 atom stereocenters. The zero-order valence-corrected chi connectivity index (χ0v) is 9.00. The number of ether oxygens (including phenoxy) is 1. The third kappa shape index (κ3) is 1.85. The van der Waals surface area contributed by atoms with E-state index in [2.05, 4.69) is 4.98 Å². The lowest BCUT2D eigenvalue weighted by Gasteiger charge is -2.13. The van der Waals surface area contributed by atoms with Crippen LogP contribution in [0.5, 0.6) is 5.75 Å². The number of aromatic nitrogens is 1. The molecule has 0 N–H and O–H groups in total. The highest BCUT2D eigenvalue weighted by molar-refractivity contribution is 6.21. The average molecular weight is 212 g/mol. The Hall–Kier alpha value is -0.760. The van der Waals surface area contributed by atoms with Crippen molar-refractivity contribution >= 4 is 11.6 Å². The maximum atomic E-state index is 6.24. The van der Waals surface area contributed by atoms with Crippen molar-refractivity contribution in [1.29, 1.82) is 0 Å². The SMILES string of the molecule is COc1cncc(C2CCCC2Cl)c1. The molecule has 1 fully saturated rings. The largest absolute Gasteiger partial charge is 0.495 e. The van der Waals surface area contributed by atoms with E-state index < -0.39 is 0 Å². The summed E-state index contributed by atoms with van der Waals surface area (Å²) in [5, 5.41) is 0.268. The lowest BCUT2D eigenvalue weighted by Crippen LogP contribution is -2.05. The molecule has 2 unspecified atom stereocenters. The molecular weight excluding hydrogens is 198 g/mol. The van der Waals surface area contributed by atoms with Gasteiger partial charge in [-0.15, -0.1) is 11.6 Å². The van der Waals surface area contributed by atoms with Gasteiger partial charge in [-0.2, -0.15) is 0 Å². The molecule has 3 heteroatoms. The number of pyridine rings is 1. The molecule has 0 spiro atoms. The maximum absolute atomic E-state index is 6.24. The molecule has 2 rings (SSSR count). The highest BCUT2D eigenvalue weighted by Crippen LogP contribution is 2.38. The van der Waals surface area contributed by atoms with Crippen LogP contribution in [0.3, 0.4) is 0 Å². The number of rotatable bonds is 2. The van der Waals surface area contributed by atoms with Gasteiger partial charge in [-0.05, 0) is 24.5 Å². The Morgan fingerprint density at radius 2 is 2.29 bits per heavy atom. The monoisotopic (exact) mass is 211 g/mol. The van der Waals surface area contributed by atoms with Gasteiger partial charge in [-0.1, -0.05) is 6.42 Å². The van der Waals surface area contributed by atoms with Gasteiger partial charge < -0.3 is 4.74 Å². The third-order valence-corrected chi connectivity index (χ3v) is 3.35. The molecule has 0 amide bonds. The summed E-state index contributed by atoms with van der Waals surface area (Å²) in [6, 6.07) is 2.04. The van der Waals surface area contributed by atoms with E-state index in [9.17, 15) is 0 Å². The summed E-state index contributed by atoms with van der Waals surface area (Å²) in [6.07, 6.45) is 7.12. The molecule has 1 aromatic rings. The van der Waals surface area contributed by atoms with Gasteiger partial charge in [0, 0.05) is 17.5 Å². The predicted octanol–water partition coefficient (Wildman–Crippen LogP) is 2.97. The highest BCUT2D eigenvalue weighted by Gasteiger charge is 2.27. The van der Waals surface area contributed by atoms with Gasteiger partial charge >= 0.3 is 0 Å². The number of methoxy groups -OCH3 is 1. The van der Waals surface area contributed by atoms with Gasteiger partial charge in [0.2, 0.25) is 0 Å². The van der Waals surface area contributed by atoms with Gasteiger partial charge in [-0.3, -0.25) is 4.98 Å². The van der Waals surface area contributed by atoms with Crippen LogP contribution < -0.4 is 4.74 Å². The Morgan fingerprint density at radius 3 is 2.93 bits per heavy atom. The van der Waals surface area contributed by atoms with Crippen molar-refractivity contribution in [1.82, 2.24) is 4.98 Å². The lowest BCUT2D eigenvalue weighted by molar-refractivity contribution is 0.411. The molecule has 0 saturated heterocycles. The smallest absolute Gasteiger partial charge is 0.137 e. The molecule has 0 aromatic carbocycles. The van der Waals surface area contributed by atoms with Gasteiger partial charge in [-0.25, -0.2) is 0 Å². The maximum Gasteiger partial charge on any atom is 0.137 e. The Kier molecular flexibility index (Phi) is 2.92. The van der Waals surface area contributed by atoms with Crippen molar-refractivity contribution < 1.29 is 4.74 Å². The van der Waals surface area contributed by atoms with Gasteiger partial charge in [0.25, 0.3) is 0 Å². The number of alkyl halides is 1. The second kappa shape index (κ2) is 4.18. The van der Waals surface area contributed by atoms with E-state index in [0.717, 1.165) is 12.2 Å². The normalized spacial score (nSPS) is 26.4. The second-order valence-electron chi connectivity index (χ2n) is 3.71. The zero-order chi connectivity index (χ0) is 9.97. The molecule has 14 heavy (non-hydrogen) atoms. The molecule has 1 aromatic heterocycles. The topological polar surface area (TPSA) is 22.1 Å². The van der Waals surface area contributed by atoms with Crippen LogP contribution in [0.15, 0.2) is 18.5 Å². The predicted molar refractivity (Wildman–Crippen MR) is 57.0 cm³/mol. The van der Waals surface area contributed by atoms with E-state index in [1.165, 1.54) is 18.4 Å². The van der Waals surface area contributed by atoms with Crippen LogP contribution in [-0.4, -0.2) is 17.5 Å². The molecule has 2 nitrogen and oxygen atoms in total. The summed E-state index contributed by atoms with van der Waals surface area (Å²) in [5.41, 5.74) is 1.21. The van der Waals surface area contributed by atoms with Crippen LogP contribution in [0.1, 0.15) is 30.7 Å². The average Bonchev–Trinajstić information content (AvgIpc) is 2.65. The second-order valence-corrected chi connectivity index (χ2v) is 4.27. The van der Waals surface area contributed by atoms with Crippen molar-refractivity contribution in [2.75, 3.05) is 7.11 Å². The molecule has 0 radical (unpaired) electrons. The minimum atomic E-state index is 0.268.